The minimum atomic E-state index is -0.452. The van der Waals surface area contributed by atoms with Crippen molar-refractivity contribution < 1.29 is 9.53 Å². The molecule has 19 heavy (non-hydrogen) atoms. The molecular weight excluding hydrogens is 262 g/mol. The molecule has 0 amide bonds. The summed E-state index contributed by atoms with van der Waals surface area (Å²) in [5, 5.41) is 0.714. The molecule has 0 saturated heterocycles. The average Bonchev–Trinajstić information content (AvgIpc) is 2.28. The van der Waals surface area contributed by atoms with Crippen molar-refractivity contribution in [3.8, 4) is 0 Å². The van der Waals surface area contributed by atoms with Gasteiger partial charge in [0, 0.05) is 11.6 Å². The van der Waals surface area contributed by atoms with E-state index in [1.165, 1.54) is 0 Å². The minimum absolute atomic E-state index is 0.205. The molecule has 0 spiro atoms. The van der Waals surface area contributed by atoms with Gasteiger partial charge in [0.2, 0.25) is 0 Å². The van der Waals surface area contributed by atoms with E-state index in [4.69, 9.17) is 16.3 Å². The molecule has 106 valence electrons. The molecule has 0 aliphatic heterocycles. The van der Waals surface area contributed by atoms with Crippen LogP contribution in [0.15, 0.2) is 24.3 Å². The Morgan fingerprint density at radius 2 is 1.84 bits per heavy atom. The van der Waals surface area contributed by atoms with Gasteiger partial charge in [-0.05, 0) is 52.4 Å². The summed E-state index contributed by atoms with van der Waals surface area (Å²) in [6.07, 6.45) is 0. The molecule has 0 aliphatic carbocycles. The van der Waals surface area contributed by atoms with Crippen LogP contribution in [-0.4, -0.2) is 29.6 Å². The summed E-state index contributed by atoms with van der Waals surface area (Å²) in [4.78, 5) is 13.9. The van der Waals surface area contributed by atoms with Gasteiger partial charge in [-0.15, -0.1) is 0 Å². The first-order chi connectivity index (χ1) is 8.69. The summed E-state index contributed by atoms with van der Waals surface area (Å²) in [5.41, 5.74) is 0.661. The van der Waals surface area contributed by atoms with Crippen LogP contribution in [0.4, 0.5) is 0 Å². The Morgan fingerprint density at radius 3 is 2.32 bits per heavy atom. The second kappa shape index (κ2) is 6.40. The standard InChI is InChI=1S/C15H22ClNO2/c1-11(14(18)19-15(2,3)4)17(5)10-12-6-8-13(16)9-7-12/h6-9,11H,10H2,1-5H3. The van der Waals surface area contributed by atoms with Crippen LogP contribution in [0.2, 0.25) is 5.02 Å². The highest BCUT2D eigenvalue weighted by Gasteiger charge is 2.24. The lowest BCUT2D eigenvalue weighted by molar-refractivity contribution is -0.160. The number of benzene rings is 1. The van der Waals surface area contributed by atoms with E-state index in [-0.39, 0.29) is 12.0 Å². The fourth-order valence-electron chi connectivity index (χ4n) is 1.58. The smallest absolute Gasteiger partial charge is 0.323 e. The number of carbonyl (C=O) groups excluding carboxylic acids is 1. The van der Waals surface area contributed by atoms with Crippen molar-refractivity contribution in [2.24, 2.45) is 0 Å². The van der Waals surface area contributed by atoms with Gasteiger partial charge in [-0.3, -0.25) is 9.69 Å². The van der Waals surface area contributed by atoms with E-state index >= 15 is 0 Å². The molecule has 3 nitrogen and oxygen atoms in total. The molecular formula is C15H22ClNO2. The number of ether oxygens (including phenoxy) is 1. The van der Waals surface area contributed by atoms with Gasteiger partial charge in [0.05, 0.1) is 0 Å². The third kappa shape index (κ3) is 5.62. The van der Waals surface area contributed by atoms with Gasteiger partial charge in [0.25, 0.3) is 0 Å². The van der Waals surface area contributed by atoms with Crippen LogP contribution < -0.4 is 0 Å². The Kier molecular flexibility index (Phi) is 5.39. The third-order valence-corrected chi connectivity index (χ3v) is 3.01. The predicted molar refractivity (Wildman–Crippen MR) is 78.2 cm³/mol. The first-order valence-corrected chi connectivity index (χ1v) is 6.74. The Morgan fingerprint density at radius 1 is 1.32 bits per heavy atom. The highest BCUT2D eigenvalue weighted by atomic mass is 35.5. The third-order valence-electron chi connectivity index (χ3n) is 2.75. The predicted octanol–water partition coefficient (Wildman–Crippen LogP) is 3.50. The zero-order valence-corrected chi connectivity index (χ0v) is 13.0. The lowest BCUT2D eigenvalue weighted by atomic mass is 10.1. The normalized spacial score (nSPS) is 13.4. The fourth-order valence-corrected chi connectivity index (χ4v) is 1.71. The molecule has 4 heteroatoms. The number of nitrogens with zero attached hydrogens (tertiary/aromatic N) is 1. The molecule has 0 fully saturated rings. The largest absolute Gasteiger partial charge is 0.459 e. The number of likely N-dealkylation sites (N-methyl/N-ethyl adjacent to an activating group) is 1. The molecule has 0 aliphatic rings. The topological polar surface area (TPSA) is 29.5 Å². The van der Waals surface area contributed by atoms with Crippen LogP contribution in [0.5, 0.6) is 0 Å². The highest BCUT2D eigenvalue weighted by molar-refractivity contribution is 6.30. The monoisotopic (exact) mass is 283 g/mol. The Bertz CT molecular complexity index is 423. The van der Waals surface area contributed by atoms with Crippen molar-refractivity contribution in [1.82, 2.24) is 4.90 Å². The van der Waals surface area contributed by atoms with E-state index < -0.39 is 5.60 Å². The van der Waals surface area contributed by atoms with E-state index in [0.29, 0.717) is 11.6 Å². The maximum Gasteiger partial charge on any atom is 0.323 e. The molecule has 1 aromatic carbocycles. The summed E-state index contributed by atoms with van der Waals surface area (Å²) in [5.74, 6) is -0.205. The first-order valence-electron chi connectivity index (χ1n) is 6.36. The Hall–Kier alpha value is -1.06. The van der Waals surface area contributed by atoms with Gasteiger partial charge >= 0.3 is 5.97 Å². The number of rotatable bonds is 4. The zero-order valence-electron chi connectivity index (χ0n) is 12.2. The van der Waals surface area contributed by atoms with Gasteiger partial charge in [0.15, 0.2) is 0 Å². The second-order valence-electron chi connectivity index (χ2n) is 5.75. The van der Waals surface area contributed by atoms with Crippen LogP contribution in [0.3, 0.4) is 0 Å². The molecule has 0 aromatic heterocycles. The maximum absolute atomic E-state index is 12.0. The van der Waals surface area contributed by atoms with E-state index in [2.05, 4.69) is 0 Å². The van der Waals surface area contributed by atoms with Crippen LogP contribution in [-0.2, 0) is 16.1 Å². The Balaban J connectivity index is 2.59. The molecule has 0 bridgehead atoms. The zero-order chi connectivity index (χ0) is 14.6. The van der Waals surface area contributed by atoms with E-state index in [0.717, 1.165) is 5.56 Å². The highest BCUT2D eigenvalue weighted by Crippen LogP contribution is 2.14. The number of hydrogen-bond acceptors (Lipinski definition) is 3. The molecule has 1 aromatic rings. The molecule has 1 atom stereocenters. The summed E-state index contributed by atoms with van der Waals surface area (Å²) in [6, 6.07) is 7.34. The van der Waals surface area contributed by atoms with Crippen molar-refractivity contribution in [3.05, 3.63) is 34.9 Å². The average molecular weight is 284 g/mol. The van der Waals surface area contributed by atoms with E-state index in [1.54, 1.807) is 0 Å². The van der Waals surface area contributed by atoms with E-state index in [1.807, 2.05) is 63.9 Å². The summed E-state index contributed by atoms with van der Waals surface area (Å²) < 4.78 is 5.38. The number of esters is 1. The minimum Gasteiger partial charge on any atom is -0.459 e. The fraction of sp³-hybridized carbons (Fsp3) is 0.533. The molecule has 1 unspecified atom stereocenters. The quantitative estimate of drug-likeness (QED) is 0.792. The molecule has 0 saturated carbocycles. The molecule has 0 radical (unpaired) electrons. The number of carbonyl (C=O) groups is 1. The van der Waals surface area contributed by atoms with Crippen molar-refractivity contribution in [1.29, 1.82) is 0 Å². The Labute approximate surface area is 120 Å². The van der Waals surface area contributed by atoms with Crippen molar-refractivity contribution >= 4 is 17.6 Å². The van der Waals surface area contributed by atoms with Gasteiger partial charge in [-0.2, -0.15) is 0 Å². The summed E-state index contributed by atoms with van der Waals surface area (Å²) >= 11 is 5.85. The van der Waals surface area contributed by atoms with Crippen LogP contribution >= 0.6 is 11.6 Å². The lowest BCUT2D eigenvalue weighted by Gasteiger charge is -2.27. The van der Waals surface area contributed by atoms with Crippen molar-refractivity contribution in [2.45, 2.75) is 45.9 Å². The lowest BCUT2D eigenvalue weighted by Crippen LogP contribution is -2.40. The van der Waals surface area contributed by atoms with Crippen LogP contribution in [0.25, 0.3) is 0 Å². The van der Waals surface area contributed by atoms with Gasteiger partial charge in [-0.25, -0.2) is 0 Å². The van der Waals surface area contributed by atoms with Gasteiger partial charge < -0.3 is 4.74 Å². The van der Waals surface area contributed by atoms with Crippen molar-refractivity contribution in [2.75, 3.05) is 7.05 Å². The van der Waals surface area contributed by atoms with Crippen LogP contribution in [0, 0.1) is 0 Å². The summed E-state index contributed by atoms with van der Waals surface area (Å²) in [6.45, 7) is 8.14. The number of hydrogen-bond donors (Lipinski definition) is 0. The SMILES string of the molecule is CC(C(=O)OC(C)(C)C)N(C)Cc1ccc(Cl)cc1. The second-order valence-corrected chi connectivity index (χ2v) is 6.19. The summed E-state index contributed by atoms with van der Waals surface area (Å²) in [7, 11) is 1.91. The van der Waals surface area contributed by atoms with Crippen LogP contribution in [0.1, 0.15) is 33.3 Å². The van der Waals surface area contributed by atoms with Gasteiger partial charge in [0.1, 0.15) is 11.6 Å². The van der Waals surface area contributed by atoms with Gasteiger partial charge in [-0.1, -0.05) is 23.7 Å². The number of halogens is 1. The maximum atomic E-state index is 12.0. The molecule has 0 heterocycles. The molecule has 0 N–H and O–H groups in total. The van der Waals surface area contributed by atoms with E-state index in [9.17, 15) is 4.79 Å². The van der Waals surface area contributed by atoms with Crippen molar-refractivity contribution in [3.63, 3.8) is 0 Å². The molecule has 1 rings (SSSR count). The first kappa shape index (κ1) is 16.0.